The summed E-state index contributed by atoms with van der Waals surface area (Å²) in [5.41, 5.74) is 8.59. The predicted octanol–water partition coefficient (Wildman–Crippen LogP) is 3.83. The number of hydrogen-bond acceptors (Lipinski definition) is 7. The van der Waals surface area contributed by atoms with Crippen molar-refractivity contribution in [3.8, 4) is 29.0 Å². The molecule has 148 valence electrons. The first-order valence-electron chi connectivity index (χ1n) is 9.47. The van der Waals surface area contributed by atoms with E-state index in [1.807, 2.05) is 32.9 Å². The molecule has 1 aromatic carbocycles. The molecule has 0 saturated carbocycles. The molecule has 3 aromatic rings. The quantitative estimate of drug-likeness (QED) is 0.633. The maximum atomic E-state index is 9.30. The second-order valence-electron chi connectivity index (χ2n) is 7.01. The Morgan fingerprint density at radius 1 is 1.17 bits per heavy atom. The molecule has 2 aromatic heterocycles. The monoisotopic (exact) mass is 388 g/mol. The summed E-state index contributed by atoms with van der Waals surface area (Å²) < 4.78 is 6.16. The Balaban J connectivity index is 1.98. The largest absolute Gasteiger partial charge is 0.456 e. The van der Waals surface area contributed by atoms with E-state index in [9.17, 15) is 5.26 Å². The highest BCUT2D eigenvalue weighted by Gasteiger charge is 2.13. The predicted molar refractivity (Wildman–Crippen MR) is 113 cm³/mol. The Bertz CT molecular complexity index is 1020. The lowest BCUT2D eigenvalue weighted by Gasteiger charge is -2.14. The van der Waals surface area contributed by atoms with Gasteiger partial charge in [0.25, 0.3) is 0 Å². The van der Waals surface area contributed by atoms with E-state index >= 15 is 0 Å². The molecule has 0 aliphatic heterocycles. The molecule has 3 N–H and O–H groups in total. The van der Waals surface area contributed by atoms with Crippen LogP contribution in [-0.4, -0.2) is 27.5 Å². The van der Waals surface area contributed by atoms with Gasteiger partial charge in [0.2, 0.25) is 0 Å². The van der Waals surface area contributed by atoms with Gasteiger partial charge >= 0.3 is 0 Å². The van der Waals surface area contributed by atoms with Crippen molar-refractivity contribution in [1.82, 2.24) is 15.0 Å². The molecule has 0 spiro atoms. The van der Waals surface area contributed by atoms with Gasteiger partial charge in [-0.25, -0.2) is 15.0 Å². The van der Waals surface area contributed by atoms with Crippen molar-refractivity contribution in [2.75, 3.05) is 11.9 Å². The number of benzene rings is 1. The lowest BCUT2D eigenvalue weighted by Crippen LogP contribution is -2.11. The molecule has 0 bridgehead atoms. The van der Waals surface area contributed by atoms with E-state index in [-0.39, 0.29) is 6.04 Å². The first kappa shape index (κ1) is 20.2. The summed E-state index contributed by atoms with van der Waals surface area (Å²) in [6.45, 7) is 6.54. The van der Waals surface area contributed by atoms with Crippen LogP contribution in [0.25, 0.3) is 11.4 Å². The van der Waals surface area contributed by atoms with Gasteiger partial charge in [0.15, 0.2) is 5.82 Å². The fourth-order valence-electron chi connectivity index (χ4n) is 2.84. The van der Waals surface area contributed by atoms with Gasteiger partial charge in [-0.05, 0) is 57.5 Å². The number of hydrogen-bond donors (Lipinski definition) is 2. The smallest absolute Gasteiger partial charge is 0.162 e. The van der Waals surface area contributed by atoms with E-state index in [1.165, 1.54) is 0 Å². The number of rotatable bonds is 7. The summed E-state index contributed by atoms with van der Waals surface area (Å²) in [4.78, 5) is 13.4. The fourth-order valence-corrected chi connectivity index (χ4v) is 2.84. The zero-order chi connectivity index (χ0) is 20.8. The van der Waals surface area contributed by atoms with Gasteiger partial charge in [0.1, 0.15) is 17.3 Å². The van der Waals surface area contributed by atoms with Gasteiger partial charge in [-0.2, -0.15) is 5.26 Å². The second kappa shape index (κ2) is 9.13. The van der Waals surface area contributed by atoms with Crippen LogP contribution < -0.4 is 15.8 Å². The molecule has 0 radical (unpaired) electrons. The standard InChI is InChI=1S/C22H24N6O/c1-14(2)27-21-10-18(8-15(3)28-21)29-20-9-16(11-24)4-5-19(20)22-25-12-17(6-7-23)13-26-22/h4-5,8-10,12-14H,6-7,23H2,1-3H3,(H,27,28). The topological polar surface area (TPSA) is 110 Å². The van der Waals surface area contributed by atoms with E-state index in [1.54, 1.807) is 30.6 Å². The molecule has 0 atom stereocenters. The Labute approximate surface area is 170 Å². The van der Waals surface area contributed by atoms with Crippen molar-refractivity contribution >= 4 is 5.82 Å². The van der Waals surface area contributed by atoms with Crippen LogP contribution in [0.3, 0.4) is 0 Å². The van der Waals surface area contributed by atoms with Crippen LogP contribution in [0.15, 0.2) is 42.7 Å². The van der Waals surface area contributed by atoms with Crippen molar-refractivity contribution in [1.29, 1.82) is 5.26 Å². The third-order valence-corrected chi connectivity index (χ3v) is 4.08. The lowest BCUT2D eigenvalue weighted by atomic mass is 10.1. The average Bonchev–Trinajstić information content (AvgIpc) is 2.68. The number of aryl methyl sites for hydroxylation is 1. The van der Waals surface area contributed by atoms with Crippen LogP contribution in [-0.2, 0) is 6.42 Å². The zero-order valence-corrected chi connectivity index (χ0v) is 16.8. The van der Waals surface area contributed by atoms with Gasteiger partial charge in [0, 0.05) is 36.3 Å². The molecular formula is C22H24N6O. The number of ether oxygens (including phenoxy) is 1. The van der Waals surface area contributed by atoms with Gasteiger partial charge in [-0.1, -0.05) is 0 Å². The van der Waals surface area contributed by atoms with Gasteiger partial charge in [-0.3, -0.25) is 0 Å². The number of pyridine rings is 1. The molecule has 0 unspecified atom stereocenters. The number of anilines is 1. The fraction of sp³-hybridized carbons (Fsp3) is 0.273. The molecular weight excluding hydrogens is 364 g/mol. The summed E-state index contributed by atoms with van der Waals surface area (Å²) in [5.74, 6) is 2.39. The molecule has 7 nitrogen and oxygen atoms in total. The van der Waals surface area contributed by atoms with E-state index in [0.29, 0.717) is 35.0 Å². The van der Waals surface area contributed by atoms with E-state index in [4.69, 9.17) is 10.5 Å². The molecule has 0 aliphatic carbocycles. The molecule has 0 fully saturated rings. The van der Waals surface area contributed by atoms with Crippen molar-refractivity contribution in [3.05, 3.63) is 59.5 Å². The molecule has 2 heterocycles. The normalized spacial score (nSPS) is 10.6. The number of nitrogens with zero attached hydrogens (tertiary/aromatic N) is 4. The Morgan fingerprint density at radius 3 is 2.59 bits per heavy atom. The highest BCUT2D eigenvalue weighted by atomic mass is 16.5. The third kappa shape index (κ3) is 5.27. The van der Waals surface area contributed by atoms with Crippen molar-refractivity contribution in [2.45, 2.75) is 33.2 Å². The first-order valence-corrected chi connectivity index (χ1v) is 9.47. The molecule has 7 heteroatoms. The third-order valence-electron chi connectivity index (χ3n) is 4.08. The van der Waals surface area contributed by atoms with Crippen molar-refractivity contribution in [2.24, 2.45) is 5.73 Å². The Morgan fingerprint density at radius 2 is 1.93 bits per heavy atom. The van der Waals surface area contributed by atoms with Gasteiger partial charge < -0.3 is 15.8 Å². The van der Waals surface area contributed by atoms with Crippen LogP contribution in [0.2, 0.25) is 0 Å². The molecule has 0 amide bonds. The number of nitrogens with two attached hydrogens (primary N) is 1. The minimum atomic E-state index is 0.245. The Kier molecular flexibility index (Phi) is 6.37. The van der Waals surface area contributed by atoms with E-state index in [0.717, 1.165) is 23.5 Å². The van der Waals surface area contributed by atoms with Crippen LogP contribution in [0.5, 0.6) is 11.5 Å². The summed E-state index contributed by atoms with van der Waals surface area (Å²) in [6, 6.07) is 11.3. The first-order chi connectivity index (χ1) is 14.0. The minimum Gasteiger partial charge on any atom is -0.456 e. The average molecular weight is 388 g/mol. The minimum absolute atomic E-state index is 0.245. The van der Waals surface area contributed by atoms with Crippen LogP contribution in [0.4, 0.5) is 5.82 Å². The summed E-state index contributed by atoms with van der Waals surface area (Å²) in [7, 11) is 0. The summed E-state index contributed by atoms with van der Waals surface area (Å²) >= 11 is 0. The van der Waals surface area contributed by atoms with Crippen LogP contribution in [0.1, 0.15) is 30.7 Å². The van der Waals surface area contributed by atoms with E-state index < -0.39 is 0 Å². The molecule has 29 heavy (non-hydrogen) atoms. The maximum Gasteiger partial charge on any atom is 0.162 e. The zero-order valence-electron chi connectivity index (χ0n) is 16.8. The molecule has 3 rings (SSSR count). The number of aromatic nitrogens is 3. The van der Waals surface area contributed by atoms with Crippen molar-refractivity contribution in [3.63, 3.8) is 0 Å². The number of nitrogens with one attached hydrogen (secondary N) is 1. The molecule has 0 saturated heterocycles. The highest BCUT2D eigenvalue weighted by molar-refractivity contribution is 5.66. The maximum absolute atomic E-state index is 9.30. The Hall–Kier alpha value is -3.50. The summed E-state index contributed by atoms with van der Waals surface area (Å²) in [6.07, 6.45) is 4.25. The van der Waals surface area contributed by atoms with Crippen molar-refractivity contribution < 1.29 is 4.74 Å². The van der Waals surface area contributed by atoms with Gasteiger partial charge in [0.05, 0.1) is 17.2 Å². The van der Waals surface area contributed by atoms with Crippen LogP contribution >= 0.6 is 0 Å². The lowest BCUT2D eigenvalue weighted by molar-refractivity contribution is 0.483. The molecule has 0 aliphatic rings. The van der Waals surface area contributed by atoms with E-state index in [2.05, 4.69) is 26.3 Å². The number of nitriles is 1. The second-order valence-corrected chi connectivity index (χ2v) is 7.01. The van der Waals surface area contributed by atoms with Crippen LogP contribution in [0, 0.1) is 18.3 Å². The SMILES string of the molecule is Cc1cc(Oc2cc(C#N)ccc2-c2ncc(CCN)cn2)cc(NC(C)C)n1. The highest BCUT2D eigenvalue weighted by Crippen LogP contribution is 2.33. The summed E-state index contributed by atoms with van der Waals surface area (Å²) in [5, 5.41) is 12.6. The van der Waals surface area contributed by atoms with Gasteiger partial charge in [-0.15, -0.1) is 0 Å².